The van der Waals surface area contributed by atoms with E-state index in [0.717, 1.165) is 11.8 Å². The number of hydrogen-bond acceptors (Lipinski definition) is 7. The van der Waals surface area contributed by atoms with Crippen molar-refractivity contribution < 1.29 is 13.2 Å². The van der Waals surface area contributed by atoms with E-state index < -0.39 is 9.84 Å². The molecule has 0 aliphatic rings. The van der Waals surface area contributed by atoms with Gasteiger partial charge in [0, 0.05) is 24.1 Å². The summed E-state index contributed by atoms with van der Waals surface area (Å²) in [6.07, 6.45) is 2.73. The highest BCUT2D eigenvalue weighted by molar-refractivity contribution is 7.90. The van der Waals surface area contributed by atoms with Crippen LogP contribution in [0, 0.1) is 0 Å². The number of rotatable bonds is 4. The number of nitrogens with one attached hydrogen (secondary N) is 1. The SMILES string of the molecule is COc1cc(-c2cccc(S(C)(=O)=O)c2-c2nnn[nH]2)ccn1. The number of aromatic amines is 1. The summed E-state index contributed by atoms with van der Waals surface area (Å²) in [6.45, 7) is 0. The molecule has 0 aliphatic carbocycles. The van der Waals surface area contributed by atoms with Crippen LogP contribution in [0.3, 0.4) is 0 Å². The second-order valence-corrected chi connectivity index (χ2v) is 6.77. The van der Waals surface area contributed by atoms with Gasteiger partial charge in [0.2, 0.25) is 5.88 Å². The molecule has 0 radical (unpaired) electrons. The Labute approximate surface area is 132 Å². The van der Waals surface area contributed by atoms with E-state index in [4.69, 9.17) is 4.74 Å². The van der Waals surface area contributed by atoms with Crippen molar-refractivity contribution in [3.8, 4) is 28.4 Å². The molecule has 3 aromatic rings. The average molecular weight is 331 g/mol. The van der Waals surface area contributed by atoms with Crippen molar-refractivity contribution in [3.05, 3.63) is 36.5 Å². The maximum Gasteiger partial charge on any atom is 0.213 e. The van der Waals surface area contributed by atoms with Crippen LogP contribution in [0.25, 0.3) is 22.5 Å². The van der Waals surface area contributed by atoms with Gasteiger partial charge in [0.25, 0.3) is 0 Å². The van der Waals surface area contributed by atoms with Gasteiger partial charge in [-0.15, -0.1) is 5.10 Å². The number of methoxy groups -OCH3 is 1. The predicted octanol–water partition coefficient (Wildman–Crippen LogP) is 1.34. The van der Waals surface area contributed by atoms with Crippen LogP contribution in [0.5, 0.6) is 5.88 Å². The largest absolute Gasteiger partial charge is 0.481 e. The highest BCUT2D eigenvalue weighted by atomic mass is 32.2. The molecule has 23 heavy (non-hydrogen) atoms. The molecule has 0 fully saturated rings. The minimum Gasteiger partial charge on any atom is -0.481 e. The third kappa shape index (κ3) is 2.90. The van der Waals surface area contributed by atoms with Crippen LogP contribution >= 0.6 is 0 Å². The van der Waals surface area contributed by atoms with Gasteiger partial charge in [-0.25, -0.2) is 18.5 Å². The number of aromatic nitrogens is 5. The van der Waals surface area contributed by atoms with Crippen molar-refractivity contribution >= 4 is 9.84 Å². The highest BCUT2D eigenvalue weighted by Crippen LogP contribution is 2.35. The van der Waals surface area contributed by atoms with Crippen LogP contribution in [0.15, 0.2) is 41.4 Å². The van der Waals surface area contributed by atoms with E-state index in [-0.39, 0.29) is 10.7 Å². The first kappa shape index (κ1) is 15.1. The maximum absolute atomic E-state index is 12.1. The molecule has 0 atom stereocenters. The van der Waals surface area contributed by atoms with Gasteiger partial charge in [-0.1, -0.05) is 12.1 Å². The minimum atomic E-state index is -3.47. The normalized spacial score (nSPS) is 11.4. The summed E-state index contributed by atoms with van der Waals surface area (Å²) < 4.78 is 29.4. The Kier molecular flexibility index (Phi) is 3.78. The van der Waals surface area contributed by atoms with Crippen LogP contribution in [0.2, 0.25) is 0 Å². The van der Waals surface area contributed by atoms with Crippen molar-refractivity contribution in [1.82, 2.24) is 25.6 Å². The molecule has 2 aromatic heterocycles. The third-order valence-corrected chi connectivity index (χ3v) is 4.40. The third-order valence-electron chi connectivity index (χ3n) is 3.26. The Morgan fingerprint density at radius 3 is 2.70 bits per heavy atom. The number of pyridine rings is 1. The standard InChI is InChI=1S/C14H13N5O3S/c1-22-12-8-9(6-7-15-12)10-4-3-5-11(23(2,20)21)13(10)14-16-18-19-17-14/h3-8H,1-2H3,(H,16,17,18,19). The van der Waals surface area contributed by atoms with Crippen molar-refractivity contribution in [2.45, 2.75) is 4.90 Å². The van der Waals surface area contributed by atoms with Gasteiger partial charge in [0.05, 0.1) is 12.0 Å². The fourth-order valence-electron chi connectivity index (χ4n) is 2.28. The molecule has 8 nitrogen and oxygen atoms in total. The topological polar surface area (TPSA) is 111 Å². The zero-order valence-corrected chi connectivity index (χ0v) is 13.2. The first-order valence-corrected chi connectivity index (χ1v) is 8.47. The number of H-pyrrole nitrogens is 1. The lowest BCUT2D eigenvalue weighted by Gasteiger charge is -2.12. The molecule has 118 valence electrons. The van der Waals surface area contributed by atoms with Gasteiger partial charge in [0.1, 0.15) is 0 Å². The van der Waals surface area contributed by atoms with Crippen LogP contribution in [0.4, 0.5) is 0 Å². The van der Waals surface area contributed by atoms with Crippen LogP contribution in [0.1, 0.15) is 0 Å². The van der Waals surface area contributed by atoms with Crippen molar-refractivity contribution in [2.24, 2.45) is 0 Å². The molecule has 1 N–H and O–H groups in total. The Morgan fingerprint density at radius 2 is 2.04 bits per heavy atom. The van der Waals surface area contributed by atoms with E-state index in [1.807, 2.05) is 0 Å². The Bertz CT molecular complexity index is 939. The van der Waals surface area contributed by atoms with E-state index in [9.17, 15) is 8.42 Å². The van der Waals surface area contributed by atoms with Crippen molar-refractivity contribution in [1.29, 1.82) is 0 Å². The minimum absolute atomic E-state index is 0.143. The highest BCUT2D eigenvalue weighted by Gasteiger charge is 2.21. The molecular formula is C14H13N5O3S. The quantitative estimate of drug-likeness (QED) is 0.768. The zero-order chi connectivity index (χ0) is 16.4. The number of sulfone groups is 1. The summed E-state index contributed by atoms with van der Waals surface area (Å²) in [5.74, 6) is 0.700. The van der Waals surface area contributed by atoms with Crippen molar-refractivity contribution in [2.75, 3.05) is 13.4 Å². The Hall–Kier alpha value is -2.81. The number of ether oxygens (including phenoxy) is 1. The Balaban J connectivity index is 2.33. The summed E-state index contributed by atoms with van der Waals surface area (Å²) >= 11 is 0. The average Bonchev–Trinajstić information content (AvgIpc) is 3.07. The summed E-state index contributed by atoms with van der Waals surface area (Å²) in [5.41, 5.74) is 1.81. The fraction of sp³-hybridized carbons (Fsp3) is 0.143. The molecule has 0 aliphatic heterocycles. The number of nitrogens with zero attached hydrogens (tertiary/aromatic N) is 4. The first-order chi connectivity index (χ1) is 11.0. The van der Waals surface area contributed by atoms with Crippen LogP contribution in [-0.2, 0) is 9.84 Å². The second-order valence-electron chi connectivity index (χ2n) is 4.79. The number of benzene rings is 1. The molecule has 0 saturated heterocycles. The molecule has 0 amide bonds. The molecule has 0 unspecified atom stereocenters. The lowest BCUT2D eigenvalue weighted by Crippen LogP contribution is -2.02. The van der Waals surface area contributed by atoms with E-state index in [1.165, 1.54) is 13.2 Å². The fourth-order valence-corrected chi connectivity index (χ4v) is 3.18. The molecule has 3 rings (SSSR count). The molecular weight excluding hydrogens is 318 g/mol. The molecule has 0 spiro atoms. The Morgan fingerprint density at radius 1 is 1.22 bits per heavy atom. The summed E-state index contributed by atoms with van der Waals surface area (Å²) in [5, 5.41) is 13.6. The summed E-state index contributed by atoms with van der Waals surface area (Å²) in [6, 6.07) is 8.47. The van der Waals surface area contributed by atoms with Gasteiger partial charge >= 0.3 is 0 Å². The predicted molar refractivity (Wildman–Crippen MR) is 82.5 cm³/mol. The summed E-state index contributed by atoms with van der Waals surface area (Å²) in [7, 11) is -1.95. The molecule has 2 heterocycles. The molecule has 0 saturated carbocycles. The molecule has 0 bridgehead atoms. The lowest BCUT2D eigenvalue weighted by molar-refractivity contribution is 0.398. The van der Waals surface area contributed by atoms with Gasteiger partial charge < -0.3 is 4.74 Å². The maximum atomic E-state index is 12.1. The van der Waals surface area contributed by atoms with Gasteiger partial charge in [-0.2, -0.15) is 0 Å². The molecule has 1 aromatic carbocycles. The summed E-state index contributed by atoms with van der Waals surface area (Å²) in [4.78, 5) is 4.20. The van der Waals surface area contributed by atoms with Crippen LogP contribution in [-0.4, -0.2) is 47.4 Å². The van der Waals surface area contributed by atoms with E-state index in [0.29, 0.717) is 17.0 Å². The van der Waals surface area contributed by atoms with Crippen LogP contribution < -0.4 is 4.74 Å². The smallest absolute Gasteiger partial charge is 0.213 e. The zero-order valence-electron chi connectivity index (χ0n) is 12.4. The van der Waals surface area contributed by atoms with Gasteiger partial charge in [-0.3, -0.25) is 0 Å². The number of hydrogen-bond donors (Lipinski definition) is 1. The van der Waals surface area contributed by atoms with E-state index in [1.54, 1.807) is 30.5 Å². The van der Waals surface area contributed by atoms with Gasteiger partial charge in [-0.05, 0) is 33.7 Å². The number of tetrazole rings is 1. The second kappa shape index (κ2) is 5.76. The van der Waals surface area contributed by atoms with Crippen molar-refractivity contribution in [3.63, 3.8) is 0 Å². The van der Waals surface area contributed by atoms with Gasteiger partial charge in [0.15, 0.2) is 15.7 Å². The first-order valence-electron chi connectivity index (χ1n) is 6.58. The van der Waals surface area contributed by atoms with E-state index in [2.05, 4.69) is 25.6 Å². The monoisotopic (exact) mass is 331 g/mol. The molecule has 9 heteroatoms. The van der Waals surface area contributed by atoms with E-state index >= 15 is 0 Å². The lowest BCUT2D eigenvalue weighted by atomic mass is 10.00.